The van der Waals surface area contributed by atoms with Crippen LogP contribution in [-0.2, 0) is 0 Å². The first kappa shape index (κ1) is 8.29. The van der Waals surface area contributed by atoms with Crippen molar-refractivity contribution < 1.29 is 5.11 Å². The van der Waals surface area contributed by atoms with Gasteiger partial charge in [0, 0.05) is 16.8 Å². The third-order valence-corrected chi connectivity index (χ3v) is 2.59. The number of nitrogens with one attached hydrogen (secondary N) is 1. The predicted octanol–water partition coefficient (Wildman–Crippen LogP) is 2.73. The van der Waals surface area contributed by atoms with Crippen LogP contribution in [0.3, 0.4) is 0 Å². The van der Waals surface area contributed by atoms with Crippen LogP contribution in [0.15, 0.2) is 30.3 Å². The Labute approximate surface area is 86.4 Å². The van der Waals surface area contributed by atoms with Gasteiger partial charge in [0.2, 0.25) is 0 Å². The summed E-state index contributed by atoms with van der Waals surface area (Å²) in [5, 5.41) is 11.7. The van der Waals surface area contributed by atoms with Crippen molar-refractivity contribution in [1.82, 2.24) is 9.97 Å². The van der Waals surface area contributed by atoms with Crippen molar-refractivity contribution in [2.24, 2.45) is 0 Å². The van der Waals surface area contributed by atoms with E-state index in [4.69, 9.17) is 0 Å². The van der Waals surface area contributed by atoms with Crippen molar-refractivity contribution in [3.8, 4) is 5.75 Å². The maximum Gasteiger partial charge on any atom is 0.125 e. The molecule has 0 spiro atoms. The first-order valence-corrected chi connectivity index (χ1v) is 4.83. The Bertz CT molecular complexity index is 655. The van der Waals surface area contributed by atoms with Gasteiger partial charge in [0.15, 0.2) is 0 Å². The summed E-state index contributed by atoms with van der Waals surface area (Å²) in [6.45, 7) is 1.91. The zero-order chi connectivity index (χ0) is 10.4. The maximum atomic E-state index is 9.83. The van der Waals surface area contributed by atoms with Crippen molar-refractivity contribution in [2.75, 3.05) is 0 Å². The van der Waals surface area contributed by atoms with Crippen molar-refractivity contribution >= 4 is 21.8 Å². The van der Waals surface area contributed by atoms with E-state index in [1.165, 1.54) is 0 Å². The minimum atomic E-state index is 0.293. The van der Waals surface area contributed by atoms with Crippen LogP contribution < -0.4 is 0 Å². The van der Waals surface area contributed by atoms with Gasteiger partial charge in [-0.3, -0.25) is 0 Å². The van der Waals surface area contributed by atoms with E-state index in [1.807, 2.05) is 31.2 Å². The Morgan fingerprint density at radius 2 is 1.93 bits per heavy atom. The Morgan fingerprint density at radius 3 is 2.73 bits per heavy atom. The Hall–Kier alpha value is -2.03. The largest absolute Gasteiger partial charge is 0.507 e. The molecule has 0 bridgehead atoms. The standard InChI is InChI=1S/C12H10N2O/c1-7-13-10-6-11(15)8-4-2-3-5-9(8)12(10)14-7/h2-6,15H,1H3,(H,13,14). The molecule has 0 atom stereocenters. The number of aromatic nitrogens is 2. The van der Waals surface area contributed by atoms with Gasteiger partial charge in [-0.15, -0.1) is 0 Å². The average Bonchev–Trinajstić information content (AvgIpc) is 2.59. The molecule has 0 unspecified atom stereocenters. The molecule has 0 aliphatic carbocycles. The molecule has 2 N–H and O–H groups in total. The summed E-state index contributed by atoms with van der Waals surface area (Å²) in [4.78, 5) is 7.54. The number of imidazole rings is 1. The smallest absolute Gasteiger partial charge is 0.125 e. The highest BCUT2D eigenvalue weighted by atomic mass is 16.3. The van der Waals surface area contributed by atoms with Crippen molar-refractivity contribution in [3.63, 3.8) is 0 Å². The second kappa shape index (κ2) is 2.73. The summed E-state index contributed by atoms with van der Waals surface area (Å²) < 4.78 is 0. The van der Waals surface area contributed by atoms with Crippen LogP contribution in [0.2, 0.25) is 0 Å². The van der Waals surface area contributed by atoms with E-state index >= 15 is 0 Å². The number of aromatic hydroxyl groups is 1. The number of aryl methyl sites for hydroxylation is 1. The number of phenols is 1. The molecular weight excluding hydrogens is 188 g/mol. The van der Waals surface area contributed by atoms with Gasteiger partial charge in [0.25, 0.3) is 0 Å². The fraction of sp³-hybridized carbons (Fsp3) is 0.0833. The van der Waals surface area contributed by atoms with Gasteiger partial charge in [-0.05, 0) is 6.92 Å². The van der Waals surface area contributed by atoms with Gasteiger partial charge >= 0.3 is 0 Å². The van der Waals surface area contributed by atoms with Gasteiger partial charge < -0.3 is 10.1 Å². The highest BCUT2D eigenvalue weighted by molar-refractivity contribution is 6.07. The van der Waals surface area contributed by atoms with Gasteiger partial charge in [0.1, 0.15) is 11.6 Å². The van der Waals surface area contributed by atoms with E-state index in [0.29, 0.717) is 5.75 Å². The molecule has 1 heterocycles. The molecule has 0 amide bonds. The number of fused-ring (bicyclic) bond motifs is 3. The van der Waals surface area contributed by atoms with Crippen LogP contribution in [-0.4, -0.2) is 15.1 Å². The second-order valence-electron chi connectivity index (χ2n) is 3.66. The molecule has 3 aromatic rings. The number of phenolic OH excluding ortho intramolecular Hbond substituents is 1. The van der Waals surface area contributed by atoms with Gasteiger partial charge in [0.05, 0.1) is 11.0 Å². The van der Waals surface area contributed by atoms with Crippen LogP contribution in [0.5, 0.6) is 5.75 Å². The summed E-state index contributed by atoms with van der Waals surface area (Å²) in [6, 6.07) is 9.45. The molecule has 0 fully saturated rings. The molecule has 0 aliphatic heterocycles. The quantitative estimate of drug-likeness (QED) is 0.583. The van der Waals surface area contributed by atoms with Crippen LogP contribution in [0.4, 0.5) is 0 Å². The zero-order valence-electron chi connectivity index (χ0n) is 8.28. The molecule has 15 heavy (non-hydrogen) atoms. The number of H-pyrrole nitrogens is 1. The normalized spacial score (nSPS) is 11.3. The molecule has 3 rings (SSSR count). The van der Waals surface area contributed by atoms with E-state index < -0.39 is 0 Å². The molecule has 1 aromatic heterocycles. The highest BCUT2D eigenvalue weighted by Crippen LogP contribution is 2.30. The van der Waals surface area contributed by atoms with E-state index in [2.05, 4.69) is 9.97 Å². The number of rotatable bonds is 0. The van der Waals surface area contributed by atoms with E-state index in [1.54, 1.807) is 6.07 Å². The average molecular weight is 198 g/mol. The second-order valence-corrected chi connectivity index (χ2v) is 3.66. The SMILES string of the molecule is Cc1nc2c(cc(O)c3ccccc32)[nH]1. The van der Waals surface area contributed by atoms with Crippen molar-refractivity contribution in [3.05, 3.63) is 36.2 Å². The third-order valence-electron chi connectivity index (χ3n) is 2.59. The van der Waals surface area contributed by atoms with Crippen LogP contribution in [0, 0.1) is 6.92 Å². The Morgan fingerprint density at radius 1 is 1.20 bits per heavy atom. The molecular formula is C12H10N2O. The molecule has 0 radical (unpaired) electrons. The molecule has 0 aliphatic rings. The summed E-state index contributed by atoms with van der Waals surface area (Å²) in [7, 11) is 0. The topological polar surface area (TPSA) is 48.9 Å². The van der Waals surface area contributed by atoms with Crippen LogP contribution >= 0.6 is 0 Å². The first-order chi connectivity index (χ1) is 7.25. The number of nitrogens with zero attached hydrogens (tertiary/aromatic N) is 1. The van der Waals surface area contributed by atoms with Gasteiger partial charge in [-0.1, -0.05) is 24.3 Å². The van der Waals surface area contributed by atoms with Gasteiger partial charge in [-0.25, -0.2) is 4.98 Å². The number of benzene rings is 2. The lowest BCUT2D eigenvalue weighted by Crippen LogP contribution is -1.77. The fourth-order valence-corrected chi connectivity index (χ4v) is 1.95. The molecule has 74 valence electrons. The summed E-state index contributed by atoms with van der Waals surface area (Å²) >= 11 is 0. The van der Waals surface area contributed by atoms with Crippen molar-refractivity contribution in [2.45, 2.75) is 6.92 Å². The fourth-order valence-electron chi connectivity index (χ4n) is 1.95. The maximum absolute atomic E-state index is 9.83. The monoisotopic (exact) mass is 198 g/mol. The highest BCUT2D eigenvalue weighted by Gasteiger charge is 2.07. The van der Waals surface area contributed by atoms with E-state index in [9.17, 15) is 5.11 Å². The number of aromatic amines is 1. The lowest BCUT2D eigenvalue weighted by atomic mass is 10.1. The molecule has 2 aromatic carbocycles. The van der Waals surface area contributed by atoms with Crippen LogP contribution in [0.25, 0.3) is 21.8 Å². The summed E-state index contributed by atoms with van der Waals surface area (Å²) in [5.41, 5.74) is 1.80. The van der Waals surface area contributed by atoms with E-state index in [-0.39, 0.29) is 0 Å². The molecule has 3 nitrogen and oxygen atoms in total. The first-order valence-electron chi connectivity index (χ1n) is 4.83. The van der Waals surface area contributed by atoms with Crippen LogP contribution in [0.1, 0.15) is 5.82 Å². The Balaban J connectivity index is 2.62. The molecule has 3 heteroatoms. The summed E-state index contributed by atoms with van der Waals surface area (Å²) in [6.07, 6.45) is 0. The minimum Gasteiger partial charge on any atom is -0.507 e. The lowest BCUT2D eigenvalue weighted by Gasteiger charge is -2.00. The van der Waals surface area contributed by atoms with Gasteiger partial charge in [-0.2, -0.15) is 0 Å². The number of hydrogen-bond acceptors (Lipinski definition) is 2. The van der Waals surface area contributed by atoms with E-state index in [0.717, 1.165) is 27.6 Å². The minimum absolute atomic E-state index is 0.293. The lowest BCUT2D eigenvalue weighted by molar-refractivity contribution is 0.482. The summed E-state index contributed by atoms with van der Waals surface area (Å²) in [5.74, 6) is 1.16. The molecule has 0 saturated carbocycles. The zero-order valence-corrected chi connectivity index (χ0v) is 8.28. The Kier molecular flexibility index (Phi) is 1.51. The van der Waals surface area contributed by atoms with Crippen molar-refractivity contribution in [1.29, 1.82) is 0 Å². The third kappa shape index (κ3) is 1.09. The predicted molar refractivity (Wildman–Crippen MR) is 60.0 cm³/mol. The number of hydrogen-bond donors (Lipinski definition) is 2. The molecule has 0 saturated heterocycles.